The summed E-state index contributed by atoms with van der Waals surface area (Å²) in [5, 5.41) is 6.25. The van der Waals surface area contributed by atoms with Crippen LogP contribution in [0, 0.1) is 5.92 Å². The summed E-state index contributed by atoms with van der Waals surface area (Å²) in [5.74, 6) is 1.35. The second-order valence-corrected chi connectivity index (χ2v) is 7.38. The van der Waals surface area contributed by atoms with E-state index in [1.165, 1.54) is 12.5 Å². The van der Waals surface area contributed by atoms with Crippen LogP contribution in [-0.4, -0.2) is 43.5 Å². The second-order valence-electron chi connectivity index (χ2n) is 7.38. The van der Waals surface area contributed by atoms with E-state index in [9.17, 15) is 4.79 Å². The van der Waals surface area contributed by atoms with Crippen molar-refractivity contribution in [3.63, 3.8) is 0 Å². The van der Waals surface area contributed by atoms with Crippen LogP contribution in [0.4, 0.5) is 5.69 Å². The van der Waals surface area contributed by atoms with E-state index in [1.54, 1.807) is 0 Å². The maximum atomic E-state index is 11.2. The van der Waals surface area contributed by atoms with Crippen LogP contribution in [0.5, 0.6) is 0 Å². The topological polar surface area (TPSA) is 66.0 Å². The summed E-state index contributed by atoms with van der Waals surface area (Å²) in [4.78, 5) is 18.0. The summed E-state index contributed by atoms with van der Waals surface area (Å²) in [5.41, 5.74) is 3.12. The predicted octanol–water partition coefficient (Wildman–Crippen LogP) is 3.26. The molecule has 1 unspecified atom stereocenters. The number of hydrogen-bond acceptors (Lipinski definition) is 3. The van der Waals surface area contributed by atoms with Crippen LogP contribution in [0.25, 0.3) is 0 Å². The van der Waals surface area contributed by atoms with Gasteiger partial charge in [0.05, 0.1) is 13.2 Å². The summed E-state index contributed by atoms with van der Waals surface area (Å²) in [6.07, 6.45) is 1.10. The SMILES string of the molecule is CN=C(NCc1cccc(NC(C)=O)c1)N1CCC(COCc2ccccc2)C1. The van der Waals surface area contributed by atoms with E-state index in [2.05, 4.69) is 32.7 Å². The Hall–Kier alpha value is -2.86. The first-order chi connectivity index (χ1) is 14.1. The molecule has 0 aromatic heterocycles. The number of hydrogen-bond donors (Lipinski definition) is 2. The molecule has 6 nitrogen and oxygen atoms in total. The molecule has 1 aliphatic heterocycles. The zero-order chi connectivity index (χ0) is 20.5. The molecule has 2 aromatic carbocycles. The molecule has 0 spiro atoms. The van der Waals surface area contributed by atoms with Crippen molar-refractivity contribution in [1.29, 1.82) is 0 Å². The molecule has 0 bridgehead atoms. The molecule has 0 saturated carbocycles. The molecule has 1 fully saturated rings. The summed E-state index contributed by atoms with van der Waals surface area (Å²) in [6, 6.07) is 18.1. The van der Waals surface area contributed by atoms with Crippen molar-refractivity contribution in [2.45, 2.75) is 26.5 Å². The first kappa shape index (κ1) is 20.9. The Morgan fingerprint density at radius 3 is 2.72 bits per heavy atom. The number of amides is 1. The van der Waals surface area contributed by atoms with Crippen molar-refractivity contribution >= 4 is 17.6 Å². The highest BCUT2D eigenvalue weighted by Gasteiger charge is 2.24. The van der Waals surface area contributed by atoms with Gasteiger partial charge < -0.3 is 20.3 Å². The zero-order valence-electron chi connectivity index (χ0n) is 17.2. The van der Waals surface area contributed by atoms with Gasteiger partial charge >= 0.3 is 0 Å². The van der Waals surface area contributed by atoms with Crippen LogP contribution < -0.4 is 10.6 Å². The van der Waals surface area contributed by atoms with E-state index in [-0.39, 0.29) is 5.91 Å². The summed E-state index contributed by atoms with van der Waals surface area (Å²) >= 11 is 0. The standard InChI is InChI=1S/C23H30N4O2/c1-18(28)26-22-10-6-9-20(13-22)14-25-23(24-2)27-12-11-21(15-27)17-29-16-19-7-4-3-5-8-19/h3-10,13,21H,11-12,14-17H2,1-2H3,(H,24,25)(H,26,28). The van der Waals surface area contributed by atoms with Crippen LogP contribution in [0.2, 0.25) is 0 Å². The number of nitrogens with one attached hydrogen (secondary N) is 2. The third-order valence-electron chi connectivity index (χ3n) is 4.96. The Balaban J connectivity index is 1.44. The normalized spacial score (nSPS) is 16.7. The maximum absolute atomic E-state index is 11.2. The monoisotopic (exact) mass is 394 g/mol. The summed E-state index contributed by atoms with van der Waals surface area (Å²) < 4.78 is 5.92. The van der Waals surface area contributed by atoms with E-state index in [1.807, 2.05) is 49.5 Å². The van der Waals surface area contributed by atoms with Gasteiger partial charge in [0, 0.05) is 45.2 Å². The van der Waals surface area contributed by atoms with Crippen LogP contribution in [-0.2, 0) is 22.7 Å². The molecule has 154 valence electrons. The lowest BCUT2D eigenvalue weighted by Crippen LogP contribution is -2.39. The molecule has 1 aliphatic rings. The first-order valence-electron chi connectivity index (χ1n) is 10.1. The number of nitrogens with zero attached hydrogens (tertiary/aromatic N) is 2. The van der Waals surface area contributed by atoms with Gasteiger partial charge in [0.25, 0.3) is 0 Å². The first-order valence-corrected chi connectivity index (χ1v) is 10.1. The number of anilines is 1. The van der Waals surface area contributed by atoms with E-state index in [0.29, 0.717) is 19.1 Å². The average molecular weight is 395 g/mol. The number of likely N-dealkylation sites (tertiary alicyclic amines) is 1. The number of carbonyl (C=O) groups excluding carboxylic acids is 1. The van der Waals surface area contributed by atoms with Gasteiger partial charge in [-0.3, -0.25) is 9.79 Å². The average Bonchev–Trinajstić information content (AvgIpc) is 3.18. The van der Waals surface area contributed by atoms with Crippen molar-refractivity contribution < 1.29 is 9.53 Å². The Labute approximate surface area is 173 Å². The fourth-order valence-electron chi connectivity index (χ4n) is 3.55. The largest absolute Gasteiger partial charge is 0.376 e. The maximum Gasteiger partial charge on any atom is 0.221 e. The van der Waals surface area contributed by atoms with Gasteiger partial charge in [-0.15, -0.1) is 0 Å². The minimum Gasteiger partial charge on any atom is -0.376 e. The van der Waals surface area contributed by atoms with Crippen molar-refractivity contribution in [1.82, 2.24) is 10.2 Å². The molecule has 2 aromatic rings. The number of aliphatic imine (C=N–C) groups is 1. The Bertz CT molecular complexity index is 823. The van der Waals surface area contributed by atoms with Crippen molar-refractivity contribution in [3.05, 3.63) is 65.7 Å². The van der Waals surface area contributed by atoms with E-state index in [4.69, 9.17) is 4.74 Å². The van der Waals surface area contributed by atoms with Crippen molar-refractivity contribution in [3.8, 4) is 0 Å². The third kappa shape index (κ3) is 6.61. The summed E-state index contributed by atoms with van der Waals surface area (Å²) in [6.45, 7) is 5.52. The summed E-state index contributed by atoms with van der Waals surface area (Å²) in [7, 11) is 1.81. The Morgan fingerprint density at radius 1 is 1.17 bits per heavy atom. The lowest BCUT2D eigenvalue weighted by Gasteiger charge is -2.22. The number of benzene rings is 2. The van der Waals surface area contributed by atoms with E-state index < -0.39 is 0 Å². The van der Waals surface area contributed by atoms with E-state index >= 15 is 0 Å². The number of ether oxygens (including phenoxy) is 1. The molecule has 6 heteroatoms. The molecule has 2 N–H and O–H groups in total. The molecule has 1 atom stereocenters. The number of carbonyl (C=O) groups is 1. The van der Waals surface area contributed by atoms with E-state index in [0.717, 1.165) is 43.3 Å². The van der Waals surface area contributed by atoms with Gasteiger partial charge in [-0.05, 0) is 29.7 Å². The third-order valence-corrected chi connectivity index (χ3v) is 4.96. The highest BCUT2D eigenvalue weighted by molar-refractivity contribution is 5.88. The van der Waals surface area contributed by atoms with Crippen molar-refractivity contribution in [2.75, 3.05) is 32.1 Å². The van der Waals surface area contributed by atoms with Crippen LogP contribution >= 0.6 is 0 Å². The highest BCUT2D eigenvalue weighted by atomic mass is 16.5. The Morgan fingerprint density at radius 2 is 1.97 bits per heavy atom. The van der Waals surface area contributed by atoms with Gasteiger partial charge in [-0.25, -0.2) is 0 Å². The van der Waals surface area contributed by atoms with Gasteiger partial charge in [-0.1, -0.05) is 42.5 Å². The molecular formula is C23H30N4O2. The van der Waals surface area contributed by atoms with Gasteiger partial charge in [-0.2, -0.15) is 0 Å². The van der Waals surface area contributed by atoms with Crippen LogP contribution in [0.15, 0.2) is 59.6 Å². The van der Waals surface area contributed by atoms with Gasteiger partial charge in [0.1, 0.15) is 0 Å². The fourth-order valence-corrected chi connectivity index (χ4v) is 3.55. The highest BCUT2D eigenvalue weighted by Crippen LogP contribution is 2.18. The quantitative estimate of drug-likeness (QED) is 0.559. The molecule has 3 rings (SSSR count). The lowest BCUT2D eigenvalue weighted by molar-refractivity contribution is -0.114. The van der Waals surface area contributed by atoms with Gasteiger partial charge in [0.15, 0.2) is 5.96 Å². The van der Waals surface area contributed by atoms with Gasteiger partial charge in [0.2, 0.25) is 5.91 Å². The molecule has 0 radical (unpaired) electrons. The zero-order valence-corrected chi connectivity index (χ0v) is 17.2. The van der Waals surface area contributed by atoms with Crippen LogP contribution in [0.3, 0.4) is 0 Å². The second kappa shape index (κ2) is 10.6. The smallest absolute Gasteiger partial charge is 0.221 e. The molecule has 1 saturated heterocycles. The van der Waals surface area contributed by atoms with Crippen LogP contribution in [0.1, 0.15) is 24.5 Å². The van der Waals surface area contributed by atoms with Crippen molar-refractivity contribution in [2.24, 2.45) is 10.9 Å². The molecule has 29 heavy (non-hydrogen) atoms. The predicted molar refractivity (Wildman–Crippen MR) is 117 cm³/mol. The lowest BCUT2D eigenvalue weighted by atomic mass is 10.1. The molecule has 1 heterocycles. The molecule has 1 amide bonds. The molecular weight excluding hydrogens is 364 g/mol. The number of rotatable bonds is 7. The number of guanidine groups is 1. The molecule has 0 aliphatic carbocycles. The minimum atomic E-state index is -0.0662. The fraction of sp³-hybridized carbons (Fsp3) is 0.391. The Kier molecular flexibility index (Phi) is 7.64. The minimum absolute atomic E-state index is 0.0662.